The number of carbonyl (C=O) groups excluding carboxylic acids is 1. The minimum atomic E-state index is -1.02. The predicted molar refractivity (Wildman–Crippen MR) is 58.5 cm³/mol. The van der Waals surface area contributed by atoms with Crippen molar-refractivity contribution in [2.45, 2.75) is 39.0 Å². The van der Waals surface area contributed by atoms with Gasteiger partial charge in [-0.15, -0.1) is 0 Å². The molecule has 86 valence electrons. The molecule has 0 radical (unpaired) electrons. The molecule has 0 heterocycles. The van der Waals surface area contributed by atoms with Gasteiger partial charge >= 0.3 is 5.97 Å². The van der Waals surface area contributed by atoms with E-state index in [1.165, 1.54) is 12.8 Å². The van der Waals surface area contributed by atoms with Gasteiger partial charge in [-0.2, -0.15) is 0 Å². The number of hydrogen-bond acceptors (Lipinski definition) is 2. The average molecular weight is 213 g/mol. The Bertz CT molecular complexity index is 224. The molecule has 15 heavy (non-hydrogen) atoms. The van der Waals surface area contributed by atoms with Gasteiger partial charge in [0.1, 0.15) is 6.54 Å². The van der Waals surface area contributed by atoms with Crippen LogP contribution in [0.5, 0.6) is 0 Å². The van der Waals surface area contributed by atoms with E-state index >= 15 is 0 Å². The van der Waals surface area contributed by atoms with Crippen molar-refractivity contribution >= 4 is 11.9 Å². The maximum atomic E-state index is 11.0. The highest BCUT2D eigenvalue weighted by Gasteiger charge is 2.00. The largest absolute Gasteiger partial charge is 0.480 e. The summed E-state index contributed by atoms with van der Waals surface area (Å²) >= 11 is 0. The molecule has 4 heteroatoms. The zero-order chi connectivity index (χ0) is 11.5. The number of unbranched alkanes of at least 4 members (excludes halogenated alkanes) is 3. The molecule has 0 aliphatic rings. The van der Waals surface area contributed by atoms with Crippen LogP contribution >= 0.6 is 0 Å². The monoisotopic (exact) mass is 213 g/mol. The normalized spacial score (nSPS) is 10.5. The lowest BCUT2D eigenvalue weighted by atomic mass is 10.2. The molecule has 1 amide bonds. The van der Waals surface area contributed by atoms with Gasteiger partial charge < -0.3 is 10.4 Å². The number of carboxylic acid groups (broad SMARTS) is 1. The summed E-state index contributed by atoms with van der Waals surface area (Å²) in [6.45, 7) is 1.84. The van der Waals surface area contributed by atoms with Gasteiger partial charge in [0.2, 0.25) is 5.91 Å². The number of rotatable bonds is 8. The van der Waals surface area contributed by atoms with E-state index in [0.29, 0.717) is 0 Å². The van der Waals surface area contributed by atoms with Crippen molar-refractivity contribution in [1.82, 2.24) is 5.32 Å². The third-order valence-corrected chi connectivity index (χ3v) is 1.88. The van der Waals surface area contributed by atoms with Gasteiger partial charge in [0, 0.05) is 6.42 Å². The zero-order valence-electron chi connectivity index (χ0n) is 9.16. The average Bonchev–Trinajstić information content (AvgIpc) is 2.20. The Labute approximate surface area is 90.4 Å². The lowest BCUT2D eigenvalue weighted by Crippen LogP contribution is -2.28. The van der Waals surface area contributed by atoms with Crippen LogP contribution in [0, 0.1) is 0 Å². The summed E-state index contributed by atoms with van der Waals surface area (Å²) in [5, 5.41) is 10.6. The fraction of sp³-hybridized carbons (Fsp3) is 0.636. The fourth-order valence-electron chi connectivity index (χ4n) is 1.07. The minimum absolute atomic E-state index is 0.246. The van der Waals surface area contributed by atoms with Crippen LogP contribution in [-0.2, 0) is 9.59 Å². The van der Waals surface area contributed by atoms with Crippen molar-refractivity contribution < 1.29 is 14.7 Å². The summed E-state index contributed by atoms with van der Waals surface area (Å²) in [5.41, 5.74) is 0. The summed E-state index contributed by atoms with van der Waals surface area (Å²) in [6.07, 6.45) is 8.54. The summed E-state index contributed by atoms with van der Waals surface area (Å²) in [6, 6.07) is 0. The third kappa shape index (κ3) is 10.6. The Balaban J connectivity index is 3.40. The van der Waals surface area contributed by atoms with Crippen molar-refractivity contribution in [3.05, 3.63) is 12.2 Å². The smallest absolute Gasteiger partial charge is 0.322 e. The highest BCUT2D eigenvalue weighted by atomic mass is 16.4. The van der Waals surface area contributed by atoms with Crippen molar-refractivity contribution in [2.75, 3.05) is 6.54 Å². The molecule has 2 N–H and O–H groups in total. The lowest BCUT2D eigenvalue weighted by Gasteiger charge is -1.98. The highest BCUT2D eigenvalue weighted by molar-refractivity contribution is 5.81. The topological polar surface area (TPSA) is 66.4 Å². The molecule has 0 aromatic heterocycles. The second-order valence-electron chi connectivity index (χ2n) is 3.34. The summed E-state index contributed by atoms with van der Waals surface area (Å²) in [5.74, 6) is -1.26. The molecule has 0 rings (SSSR count). The first-order chi connectivity index (χ1) is 7.16. The van der Waals surface area contributed by atoms with Crippen LogP contribution in [0.25, 0.3) is 0 Å². The number of amides is 1. The fourth-order valence-corrected chi connectivity index (χ4v) is 1.07. The van der Waals surface area contributed by atoms with Crippen LogP contribution in [0.2, 0.25) is 0 Å². The molecule has 4 nitrogen and oxygen atoms in total. The van der Waals surface area contributed by atoms with Gasteiger partial charge in [0.05, 0.1) is 0 Å². The molecule has 0 aliphatic carbocycles. The van der Waals surface area contributed by atoms with Crippen LogP contribution in [0.15, 0.2) is 12.2 Å². The standard InChI is InChI=1S/C11H19NO3/c1-2-3-4-5-6-7-8-10(13)12-9-11(14)15/h6-7H,2-5,8-9H2,1H3,(H,12,13)(H,14,15). The highest BCUT2D eigenvalue weighted by Crippen LogP contribution is 1.99. The number of allylic oxidation sites excluding steroid dienone is 1. The molecular weight excluding hydrogens is 194 g/mol. The Morgan fingerprint density at radius 2 is 2.00 bits per heavy atom. The Morgan fingerprint density at radius 3 is 2.60 bits per heavy atom. The van der Waals surface area contributed by atoms with Crippen LogP contribution in [0.1, 0.15) is 39.0 Å². The molecule has 0 fully saturated rings. The first-order valence-electron chi connectivity index (χ1n) is 5.30. The van der Waals surface area contributed by atoms with Crippen LogP contribution in [0.4, 0.5) is 0 Å². The van der Waals surface area contributed by atoms with Gasteiger partial charge in [-0.05, 0) is 12.8 Å². The molecule has 0 unspecified atom stereocenters. The first kappa shape index (κ1) is 13.7. The third-order valence-electron chi connectivity index (χ3n) is 1.88. The second kappa shape index (κ2) is 9.24. The molecule has 0 aliphatic heterocycles. The number of carboxylic acids is 1. The van der Waals surface area contributed by atoms with Gasteiger partial charge in [-0.1, -0.05) is 31.9 Å². The molecule has 0 bridgehead atoms. The van der Waals surface area contributed by atoms with E-state index in [4.69, 9.17) is 5.11 Å². The predicted octanol–water partition coefficient (Wildman–Crippen LogP) is 1.71. The second-order valence-corrected chi connectivity index (χ2v) is 3.34. The molecule has 0 aromatic rings. The number of nitrogens with one attached hydrogen (secondary N) is 1. The van der Waals surface area contributed by atoms with Crippen LogP contribution < -0.4 is 5.32 Å². The minimum Gasteiger partial charge on any atom is -0.480 e. The zero-order valence-corrected chi connectivity index (χ0v) is 9.16. The van der Waals surface area contributed by atoms with Gasteiger partial charge in [0.25, 0.3) is 0 Å². The molecular formula is C11H19NO3. The van der Waals surface area contributed by atoms with E-state index in [-0.39, 0.29) is 18.9 Å². The molecule has 0 saturated carbocycles. The Hall–Kier alpha value is -1.32. The lowest BCUT2D eigenvalue weighted by molar-refractivity contribution is -0.137. The van der Waals surface area contributed by atoms with E-state index in [2.05, 4.69) is 12.2 Å². The molecule has 0 spiro atoms. The molecule has 0 aromatic carbocycles. The van der Waals surface area contributed by atoms with Gasteiger partial charge in [-0.3, -0.25) is 9.59 Å². The van der Waals surface area contributed by atoms with Gasteiger partial charge in [-0.25, -0.2) is 0 Å². The van der Waals surface area contributed by atoms with Crippen molar-refractivity contribution in [1.29, 1.82) is 0 Å². The summed E-state index contributed by atoms with van der Waals surface area (Å²) in [7, 11) is 0. The van der Waals surface area contributed by atoms with E-state index in [1.807, 2.05) is 6.08 Å². The van der Waals surface area contributed by atoms with E-state index < -0.39 is 5.97 Å². The van der Waals surface area contributed by atoms with E-state index in [0.717, 1.165) is 12.8 Å². The van der Waals surface area contributed by atoms with Crippen molar-refractivity contribution in [3.63, 3.8) is 0 Å². The maximum absolute atomic E-state index is 11.0. The SMILES string of the molecule is CCCCCC=CCC(=O)NCC(=O)O. The van der Waals surface area contributed by atoms with Gasteiger partial charge in [0.15, 0.2) is 0 Å². The summed E-state index contributed by atoms with van der Waals surface area (Å²) in [4.78, 5) is 21.1. The van der Waals surface area contributed by atoms with Crippen molar-refractivity contribution in [3.8, 4) is 0 Å². The van der Waals surface area contributed by atoms with Crippen molar-refractivity contribution in [2.24, 2.45) is 0 Å². The van der Waals surface area contributed by atoms with Crippen LogP contribution in [-0.4, -0.2) is 23.5 Å². The molecule has 0 saturated heterocycles. The molecule has 0 atom stereocenters. The van der Waals surface area contributed by atoms with Crippen LogP contribution in [0.3, 0.4) is 0 Å². The van der Waals surface area contributed by atoms with E-state index in [1.54, 1.807) is 6.08 Å². The Morgan fingerprint density at radius 1 is 1.27 bits per heavy atom. The number of aliphatic carboxylic acids is 1. The van der Waals surface area contributed by atoms with E-state index in [9.17, 15) is 9.59 Å². The number of hydrogen-bond donors (Lipinski definition) is 2. The summed E-state index contributed by atoms with van der Waals surface area (Å²) < 4.78 is 0. The Kier molecular flexibility index (Phi) is 8.43. The maximum Gasteiger partial charge on any atom is 0.322 e. The quantitative estimate of drug-likeness (QED) is 0.476. The first-order valence-corrected chi connectivity index (χ1v) is 5.30. The number of carbonyl (C=O) groups is 2.